The maximum absolute atomic E-state index is 13.7. The molecule has 0 aliphatic heterocycles. The summed E-state index contributed by atoms with van der Waals surface area (Å²) in [7, 11) is 0. The first kappa shape index (κ1) is 18.4. The van der Waals surface area contributed by atoms with E-state index in [4.69, 9.17) is 11.6 Å². The Kier molecular flexibility index (Phi) is 5.58. The number of hydrogen-bond donors (Lipinski definition) is 2. The summed E-state index contributed by atoms with van der Waals surface area (Å²) in [6.45, 7) is 4.16. The van der Waals surface area contributed by atoms with Crippen LogP contribution in [-0.2, 0) is 0 Å². The molecule has 3 rings (SSSR count). The number of aromatic nitrogens is 2. The van der Waals surface area contributed by atoms with E-state index in [2.05, 4.69) is 34.3 Å². The third kappa shape index (κ3) is 4.23. The van der Waals surface area contributed by atoms with Gasteiger partial charge in [0.25, 0.3) is 5.91 Å². The van der Waals surface area contributed by atoms with Gasteiger partial charge < -0.3 is 4.98 Å². The van der Waals surface area contributed by atoms with Gasteiger partial charge in [0.15, 0.2) is 5.16 Å². The van der Waals surface area contributed by atoms with Crippen molar-refractivity contribution in [3.05, 3.63) is 58.4 Å². The molecule has 0 saturated carbocycles. The fourth-order valence-corrected chi connectivity index (χ4v) is 3.24. The molecular weight excluding hydrogens is 375 g/mol. The largest absolute Gasteiger partial charge is 0.333 e. The van der Waals surface area contributed by atoms with Gasteiger partial charge in [-0.2, -0.15) is 5.10 Å². The van der Waals surface area contributed by atoms with Gasteiger partial charge >= 0.3 is 0 Å². The summed E-state index contributed by atoms with van der Waals surface area (Å²) in [4.78, 5) is 19.9. The molecule has 0 aliphatic rings. The molecule has 3 aromatic rings. The monoisotopic (exact) mass is 390 g/mol. The maximum Gasteiger partial charge on any atom is 0.271 e. The predicted octanol–water partition coefficient (Wildman–Crippen LogP) is 4.62. The van der Waals surface area contributed by atoms with E-state index in [1.165, 1.54) is 18.3 Å². The van der Waals surface area contributed by atoms with Crippen LogP contribution in [0.25, 0.3) is 11.0 Å². The standard InChI is InChI=1S/C18H16ClFN4OS/c1-10(2)26-18-22-15-7-6-11(8-16(15)23-18)17(25)24-21-9-12-13(19)4-3-5-14(12)20/h3-10H,1-2H3,(H,22,23)(H,24,25)/b21-9-. The van der Waals surface area contributed by atoms with Gasteiger partial charge in [-0.1, -0.05) is 43.3 Å². The Morgan fingerprint density at radius 1 is 1.38 bits per heavy atom. The summed E-state index contributed by atoms with van der Waals surface area (Å²) >= 11 is 7.52. The lowest BCUT2D eigenvalue weighted by Gasteiger charge is -2.01. The summed E-state index contributed by atoms with van der Waals surface area (Å²) in [6.07, 6.45) is 1.18. The molecule has 0 radical (unpaired) electrons. The van der Waals surface area contributed by atoms with E-state index in [1.807, 2.05) is 0 Å². The number of hydrazone groups is 1. The molecule has 5 nitrogen and oxygen atoms in total. The topological polar surface area (TPSA) is 70.1 Å². The van der Waals surface area contributed by atoms with Crippen molar-refractivity contribution in [2.75, 3.05) is 0 Å². The van der Waals surface area contributed by atoms with Crippen LogP contribution in [0.15, 0.2) is 46.7 Å². The summed E-state index contributed by atoms with van der Waals surface area (Å²) in [5.41, 5.74) is 4.46. The van der Waals surface area contributed by atoms with Crippen LogP contribution in [0.5, 0.6) is 0 Å². The number of rotatable bonds is 5. The Hall–Kier alpha value is -2.38. The third-order valence-electron chi connectivity index (χ3n) is 3.43. The zero-order valence-corrected chi connectivity index (χ0v) is 15.7. The molecular formula is C18H16ClFN4OS. The lowest BCUT2D eigenvalue weighted by Crippen LogP contribution is -2.17. The number of carbonyl (C=O) groups excluding carboxylic acids is 1. The van der Waals surface area contributed by atoms with Crippen LogP contribution in [0.3, 0.4) is 0 Å². The fourth-order valence-electron chi connectivity index (χ4n) is 2.26. The molecule has 26 heavy (non-hydrogen) atoms. The molecule has 0 fully saturated rings. The number of halogens is 2. The van der Waals surface area contributed by atoms with Gasteiger partial charge in [-0.05, 0) is 30.3 Å². The highest BCUT2D eigenvalue weighted by atomic mass is 35.5. The summed E-state index contributed by atoms with van der Waals surface area (Å²) in [5, 5.41) is 5.21. The Balaban J connectivity index is 1.74. The van der Waals surface area contributed by atoms with Crippen LogP contribution < -0.4 is 5.43 Å². The van der Waals surface area contributed by atoms with Crippen molar-refractivity contribution in [2.45, 2.75) is 24.3 Å². The van der Waals surface area contributed by atoms with E-state index in [9.17, 15) is 9.18 Å². The van der Waals surface area contributed by atoms with Crippen LogP contribution >= 0.6 is 23.4 Å². The van der Waals surface area contributed by atoms with Gasteiger partial charge in [0, 0.05) is 16.4 Å². The maximum atomic E-state index is 13.7. The number of imidazole rings is 1. The number of carbonyl (C=O) groups is 1. The lowest BCUT2D eigenvalue weighted by molar-refractivity contribution is 0.0955. The minimum absolute atomic E-state index is 0.119. The average molecular weight is 391 g/mol. The van der Waals surface area contributed by atoms with E-state index >= 15 is 0 Å². The normalized spacial score (nSPS) is 11.6. The van der Waals surface area contributed by atoms with E-state index in [-0.39, 0.29) is 10.6 Å². The molecule has 134 valence electrons. The van der Waals surface area contributed by atoms with Crippen molar-refractivity contribution >= 4 is 46.5 Å². The second-order valence-electron chi connectivity index (χ2n) is 5.77. The smallest absolute Gasteiger partial charge is 0.271 e. The zero-order valence-electron chi connectivity index (χ0n) is 14.1. The summed E-state index contributed by atoms with van der Waals surface area (Å²) in [6, 6.07) is 9.45. The molecule has 1 aromatic heterocycles. The fraction of sp³-hybridized carbons (Fsp3) is 0.167. The molecule has 2 N–H and O–H groups in total. The second kappa shape index (κ2) is 7.88. The van der Waals surface area contributed by atoms with Gasteiger partial charge in [0.1, 0.15) is 5.82 Å². The highest BCUT2D eigenvalue weighted by Crippen LogP contribution is 2.23. The van der Waals surface area contributed by atoms with E-state index < -0.39 is 11.7 Å². The van der Waals surface area contributed by atoms with Crippen molar-refractivity contribution in [3.8, 4) is 0 Å². The van der Waals surface area contributed by atoms with Crippen molar-refractivity contribution in [1.29, 1.82) is 0 Å². The van der Waals surface area contributed by atoms with Crippen molar-refractivity contribution in [1.82, 2.24) is 15.4 Å². The van der Waals surface area contributed by atoms with E-state index in [1.54, 1.807) is 36.0 Å². The number of nitrogens with one attached hydrogen (secondary N) is 2. The number of hydrogen-bond acceptors (Lipinski definition) is 4. The summed E-state index contributed by atoms with van der Waals surface area (Å²) in [5.74, 6) is -0.923. The number of thioether (sulfide) groups is 1. The molecule has 0 bridgehead atoms. The molecule has 0 saturated heterocycles. The molecule has 0 spiro atoms. The molecule has 2 aromatic carbocycles. The number of amides is 1. The predicted molar refractivity (Wildman–Crippen MR) is 104 cm³/mol. The number of H-pyrrole nitrogens is 1. The zero-order chi connectivity index (χ0) is 18.7. The highest BCUT2D eigenvalue weighted by Gasteiger charge is 2.10. The third-order valence-corrected chi connectivity index (χ3v) is 4.65. The van der Waals surface area contributed by atoms with Crippen LogP contribution in [-0.4, -0.2) is 27.3 Å². The molecule has 8 heteroatoms. The quantitative estimate of drug-likeness (QED) is 0.379. The molecule has 0 unspecified atom stereocenters. The van der Waals surface area contributed by atoms with E-state index in [0.717, 1.165) is 16.2 Å². The molecule has 1 heterocycles. The summed E-state index contributed by atoms with van der Waals surface area (Å²) < 4.78 is 13.7. The van der Waals surface area contributed by atoms with Gasteiger partial charge in [0.2, 0.25) is 0 Å². The number of fused-ring (bicyclic) bond motifs is 1. The molecule has 0 aliphatic carbocycles. The molecule has 0 atom stereocenters. The Morgan fingerprint density at radius 3 is 2.92 bits per heavy atom. The van der Waals surface area contributed by atoms with Gasteiger partial charge in [0.05, 0.1) is 22.3 Å². The van der Waals surface area contributed by atoms with Crippen LogP contribution in [0, 0.1) is 5.82 Å². The Labute approximate surface area is 159 Å². The van der Waals surface area contributed by atoms with Gasteiger partial charge in [-0.15, -0.1) is 0 Å². The van der Waals surface area contributed by atoms with E-state index in [0.29, 0.717) is 10.8 Å². The first-order chi connectivity index (χ1) is 12.4. The Morgan fingerprint density at radius 2 is 2.19 bits per heavy atom. The Bertz CT molecular complexity index is 966. The van der Waals surface area contributed by atoms with Crippen LogP contribution in [0.2, 0.25) is 5.02 Å². The number of nitrogens with zero attached hydrogens (tertiary/aromatic N) is 2. The molecule has 1 amide bonds. The highest BCUT2D eigenvalue weighted by molar-refractivity contribution is 7.99. The average Bonchev–Trinajstić information content (AvgIpc) is 2.97. The first-order valence-electron chi connectivity index (χ1n) is 7.88. The van der Waals surface area contributed by atoms with Crippen molar-refractivity contribution in [3.63, 3.8) is 0 Å². The van der Waals surface area contributed by atoms with Crippen molar-refractivity contribution in [2.24, 2.45) is 5.10 Å². The van der Waals surface area contributed by atoms with Gasteiger partial charge in [-0.3, -0.25) is 4.79 Å². The van der Waals surface area contributed by atoms with Crippen LogP contribution in [0.1, 0.15) is 29.8 Å². The second-order valence-corrected chi connectivity index (χ2v) is 7.75. The SMILES string of the molecule is CC(C)Sc1nc2ccc(C(=O)N/N=C\c3c(F)cccc3Cl)cc2[nH]1. The number of aromatic amines is 1. The first-order valence-corrected chi connectivity index (χ1v) is 9.13. The lowest BCUT2D eigenvalue weighted by atomic mass is 10.2. The van der Waals surface area contributed by atoms with Crippen molar-refractivity contribution < 1.29 is 9.18 Å². The minimum atomic E-state index is -0.510. The van der Waals surface area contributed by atoms with Gasteiger partial charge in [-0.25, -0.2) is 14.8 Å². The minimum Gasteiger partial charge on any atom is -0.333 e. The van der Waals surface area contributed by atoms with Crippen LogP contribution in [0.4, 0.5) is 4.39 Å². The number of benzene rings is 2.